The van der Waals surface area contributed by atoms with Crippen LogP contribution in [0, 0.1) is 0 Å². The molecule has 0 amide bonds. The van der Waals surface area contributed by atoms with Gasteiger partial charge in [-0.1, -0.05) is 6.92 Å². The molecule has 96 valence electrons. The first-order valence-corrected chi connectivity index (χ1v) is 6.66. The van der Waals surface area contributed by atoms with Crippen LogP contribution in [0.2, 0.25) is 0 Å². The fraction of sp³-hybridized carbons (Fsp3) is 0.500. The minimum Gasteiger partial charge on any atom is -0.506 e. The molecular weight excluding hydrogens is 226 g/mol. The fourth-order valence-corrected chi connectivity index (χ4v) is 2.78. The van der Waals surface area contributed by atoms with Crippen LogP contribution in [-0.2, 0) is 0 Å². The number of hydrogen-bond acceptors (Lipinski definition) is 3. The summed E-state index contributed by atoms with van der Waals surface area (Å²) < 4.78 is 1.91. The van der Waals surface area contributed by atoms with Crippen molar-refractivity contribution < 1.29 is 5.11 Å². The summed E-state index contributed by atoms with van der Waals surface area (Å²) in [5, 5.41) is 9.47. The third-order valence-corrected chi connectivity index (χ3v) is 3.83. The van der Waals surface area contributed by atoms with E-state index in [4.69, 9.17) is 0 Å². The minimum atomic E-state index is 0.283. The molecule has 0 aliphatic carbocycles. The van der Waals surface area contributed by atoms with E-state index in [2.05, 4.69) is 23.0 Å². The molecular formula is C14H19N3O. The largest absolute Gasteiger partial charge is 0.506 e. The molecule has 1 N–H and O–H groups in total. The second-order valence-corrected chi connectivity index (χ2v) is 5.05. The van der Waals surface area contributed by atoms with E-state index in [-0.39, 0.29) is 5.75 Å². The molecule has 18 heavy (non-hydrogen) atoms. The van der Waals surface area contributed by atoms with Gasteiger partial charge >= 0.3 is 0 Å². The molecule has 0 bridgehead atoms. The van der Waals surface area contributed by atoms with Crippen molar-refractivity contribution in [1.29, 1.82) is 0 Å². The Morgan fingerprint density at radius 2 is 2.28 bits per heavy atom. The van der Waals surface area contributed by atoms with E-state index in [9.17, 15) is 5.11 Å². The summed E-state index contributed by atoms with van der Waals surface area (Å²) >= 11 is 0. The van der Waals surface area contributed by atoms with Crippen LogP contribution in [0.4, 0.5) is 0 Å². The van der Waals surface area contributed by atoms with E-state index in [0.29, 0.717) is 5.92 Å². The zero-order valence-electron chi connectivity index (χ0n) is 10.7. The summed E-state index contributed by atoms with van der Waals surface area (Å²) in [5.41, 5.74) is 2.06. The van der Waals surface area contributed by atoms with Crippen LogP contribution in [-0.4, -0.2) is 39.0 Å². The Hall–Kier alpha value is -1.55. The Morgan fingerprint density at radius 1 is 1.39 bits per heavy atom. The number of imidazole rings is 1. The predicted octanol–water partition coefficient (Wildman–Crippen LogP) is 2.24. The van der Waals surface area contributed by atoms with Crippen molar-refractivity contribution in [3.63, 3.8) is 0 Å². The molecule has 4 nitrogen and oxygen atoms in total. The van der Waals surface area contributed by atoms with Crippen molar-refractivity contribution in [2.75, 3.05) is 19.6 Å². The highest BCUT2D eigenvalue weighted by molar-refractivity contribution is 5.43. The highest BCUT2D eigenvalue weighted by atomic mass is 16.3. The molecule has 1 aliphatic heterocycles. The first kappa shape index (κ1) is 11.5. The van der Waals surface area contributed by atoms with Gasteiger partial charge in [0.15, 0.2) is 0 Å². The molecule has 0 aromatic carbocycles. The Bertz CT molecular complexity index is 549. The van der Waals surface area contributed by atoms with E-state index in [0.717, 1.165) is 24.4 Å². The van der Waals surface area contributed by atoms with Gasteiger partial charge in [-0.2, -0.15) is 0 Å². The van der Waals surface area contributed by atoms with Crippen molar-refractivity contribution in [3.05, 3.63) is 30.2 Å². The van der Waals surface area contributed by atoms with Crippen LogP contribution in [0.3, 0.4) is 0 Å². The molecule has 1 atom stereocenters. The SMILES string of the molecule is CCN1CCCC(c2cn3cc(O)ccc3n2)C1. The molecule has 1 saturated heterocycles. The molecule has 1 aliphatic rings. The maximum atomic E-state index is 9.47. The predicted molar refractivity (Wildman–Crippen MR) is 70.9 cm³/mol. The van der Waals surface area contributed by atoms with E-state index < -0.39 is 0 Å². The smallest absolute Gasteiger partial charge is 0.137 e. The molecule has 0 spiro atoms. The molecule has 1 unspecified atom stereocenters. The van der Waals surface area contributed by atoms with Crippen LogP contribution < -0.4 is 0 Å². The van der Waals surface area contributed by atoms with Gasteiger partial charge in [0, 0.05) is 18.7 Å². The number of likely N-dealkylation sites (tertiary alicyclic amines) is 1. The van der Waals surface area contributed by atoms with Crippen LogP contribution in [0.25, 0.3) is 5.65 Å². The Kier molecular flexibility index (Phi) is 2.96. The summed E-state index contributed by atoms with van der Waals surface area (Å²) in [6.07, 6.45) is 6.23. The Balaban J connectivity index is 1.89. The van der Waals surface area contributed by atoms with E-state index in [1.165, 1.54) is 19.4 Å². The number of likely N-dealkylation sites (N-methyl/N-ethyl adjacent to an activating group) is 1. The number of fused-ring (bicyclic) bond motifs is 1. The van der Waals surface area contributed by atoms with Gasteiger partial charge in [-0.15, -0.1) is 0 Å². The quantitative estimate of drug-likeness (QED) is 0.882. The van der Waals surface area contributed by atoms with Gasteiger partial charge in [0.1, 0.15) is 11.4 Å². The summed E-state index contributed by atoms with van der Waals surface area (Å²) in [6, 6.07) is 3.55. The van der Waals surface area contributed by atoms with Crippen molar-refractivity contribution in [2.45, 2.75) is 25.7 Å². The number of aromatic nitrogens is 2. The number of nitrogens with zero attached hydrogens (tertiary/aromatic N) is 3. The van der Waals surface area contributed by atoms with Gasteiger partial charge in [-0.25, -0.2) is 4.98 Å². The zero-order chi connectivity index (χ0) is 12.5. The van der Waals surface area contributed by atoms with Crippen molar-refractivity contribution in [2.24, 2.45) is 0 Å². The fourth-order valence-electron chi connectivity index (χ4n) is 2.78. The Labute approximate surface area is 107 Å². The molecule has 1 fully saturated rings. The van der Waals surface area contributed by atoms with Gasteiger partial charge in [-0.3, -0.25) is 0 Å². The first-order valence-electron chi connectivity index (χ1n) is 6.66. The van der Waals surface area contributed by atoms with E-state index in [1.54, 1.807) is 12.3 Å². The highest BCUT2D eigenvalue weighted by Crippen LogP contribution is 2.26. The summed E-state index contributed by atoms with van der Waals surface area (Å²) in [7, 11) is 0. The molecule has 2 aromatic heterocycles. The lowest BCUT2D eigenvalue weighted by atomic mass is 9.95. The molecule has 3 rings (SSSR count). The van der Waals surface area contributed by atoms with Crippen molar-refractivity contribution in [1.82, 2.24) is 14.3 Å². The molecule has 3 heterocycles. The maximum absolute atomic E-state index is 9.47. The summed E-state index contributed by atoms with van der Waals surface area (Å²) in [5.74, 6) is 0.811. The summed E-state index contributed by atoms with van der Waals surface area (Å²) in [4.78, 5) is 7.15. The van der Waals surface area contributed by atoms with Gasteiger partial charge in [0.05, 0.1) is 11.9 Å². The minimum absolute atomic E-state index is 0.283. The molecule has 0 radical (unpaired) electrons. The third-order valence-electron chi connectivity index (χ3n) is 3.83. The summed E-state index contributed by atoms with van der Waals surface area (Å²) in [6.45, 7) is 5.64. The van der Waals surface area contributed by atoms with Gasteiger partial charge in [0.25, 0.3) is 0 Å². The average molecular weight is 245 g/mol. The van der Waals surface area contributed by atoms with Crippen molar-refractivity contribution >= 4 is 5.65 Å². The maximum Gasteiger partial charge on any atom is 0.137 e. The van der Waals surface area contributed by atoms with Gasteiger partial charge in [0.2, 0.25) is 0 Å². The van der Waals surface area contributed by atoms with Crippen LogP contribution in [0.5, 0.6) is 5.75 Å². The van der Waals surface area contributed by atoms with Gasteiger partial charge in [-0.05, 0) is 38.1 Å². The number of piperidine rings is 1. The molecule has 4 heteroatoms. The lowest BCUT2D eigenvalue weighted by molar-refractivity contribution is 0.216. The first-order chi connectivity index (χ1) is 8.76. The van der Waals surface area contributed by atoms with E-state index >= 15 is 0 Å². The lowest BCUT2D eigenvalue weighted by Crippen LogP contribution is -2.34. The standard InChI is InChI=1S/C14H19N3O/c1-2-16-7-3-4-11(8-16)13-10-17-9-12(18)5-6-14(17)15-13/h5-6,9-11,18H,2-4,7-8H2,1H3. The monoisotopic (exact) mass is 245 g/mol. The van der Waals surface area contributed by atoms with Crippen LogP contribution in [0.15, 0.2) is 24.5 Å². The third kappa shape index (κ3) is 2.08. The second-order valence-electron chi connectivity index (χ2n) is 5.05. The highest BCUT2D eigenvalue weighted by Gasteiger charge is 2.22. The Morgan fingerprint density at radius 3 is 3.11 bits per heavy atom. The topological polar surface area (TPSA) is 40.8 Å². The second kappa shape index (κ2) is 4.61. The zero-order valence-corrected chi connectivity index (χ0v) is 10.7. The number of hydrogen-bond donors (Lipinski definition) is 1. The average Bonchev–Trinajstić information content (AvgIpc) is 2.81. The number of rotatable bonds is 2. The van der Waals surface area contributed by atoms with Crippen LogP contribution >= 0.6 is 0 Å². The van der Waals surface area contributed by atoms with Crippen molar-refractivity contribution in [3.8, 4) is 5.75 Å². The number of aromatic hydroxyl groups is 1. The molecule has 2 aromatic rings. The number of pyridine rings is 1. The lowest BCUT2D eigenvalue weighted by Gasteiger charge is -2.30. The molecule has 0 saturated carbocycles. The van der Waals surface area contributed by atoms with E-state index in [1.807, 2.05) is 10.5 Å². The van der Waals surface area contributed by atoms with Crippen LogP contribution in [0.1, 0.15) is 31.4 Å². The van der Waals surface area contributed by atoms with Gasteiger partial charge < -0.3 is 14.4 Å². The normalized spacial score (nSPS) is 21.5.